The second kappa shape index (κ2) is 9.87. The molecule has 2 aromatic carbocycles. The maximum Gasteiger partial charge on any atom is 0.337 e. The van der Waals surface area contributed by atoms with E-state index in [1.165, 1.54) is 12.7 Å². The van der Waals surface area contributed by atoms with Crippen molar-refractivity contribution in [3.63, 3.8) is 0 Å². The molecule has 29 heavy (non-hydrogen) atoms. The van der Waals surface area contributed by atoms with E-state index in [1.54, 1.807) is 18.2 Å². The standard InChI is InChI=1S/C22H26ClN3O3/c1-16-6-7-18(22(28)29-2)13-20(16)24-21(27)15-26-10-8-25(9-11-26)14-17-4-3-5-19(23)12-17/h3-7,12-13H,8-11,14-15H2,1-2H3,(H,24,27). The molecular weight excluding hydrogens is 390 g/mol. The van der Waals surface area contributed by atoms with Gasteiger partial charge in [0.25, 0.3) is 0 Å². The Hall–Kier alpha value is -2.41. The molecular formula is C22H26ClN3O3. The highest BCUT2D eigenvalue weighted by Gasteiger charge is 2.19. The highest BCUT2D eigenvalue weighted by Crippen LogP contribution is 2.18. The molecule has 0 aliphatic carbocycles. The third kappa shape index (κ3) is 6.03. The molecule has 1 aliphatic heterocycles. The number of carbonyl (C=O) groups is 2. The van der Waals surface area contributed by atoms with E-state index in [2.05, 4.69) is 21.2 Å². The van der Waals surface area contributed by atoms with Gasteiger partial charge < -0.3 is 10.1 Å². The second-order valence-electron chi connectivity index (χ2n) is 7.25. The summed E-state index contributed by atoms with van der Waals surface area (Å²) < 4.78 is 4.74. The summed E-state index contributed by atoms with van der Waals surface area (Å²) in [7, 11) is 1.34. The topological polar surface area (TPSA) is 61.9 Å². The van der Waals surface area contributed by atoms with Crippen molar-refractivity contribution in [2.45, 2.75) is 13.5 Å². The van der Waals surface area contributed by atoms with Gasteiger partial charge in [0.05, 0.1) is 19.2 Å². The summed E-state index contributed by atoms with van der Waals surface area (Å²) in [5.41, 5.74) is 3.16. The summed E-state index contributed by atoms with van der Waals surface area (Å²) >= 11 is 6.06. The van der Waals surface area contributed by atoms with Crippen molar-refractivity contribution in [3.8, 4) is 0 Å². The Morgan fingerprint density at radius 2 is 1.79 bits per heavy atom. The van der Waals surface area contributed by atoms with E-state index < -0.39 is 5.97 Å². The molecule has 0 radical (unpaired) electrons. The fourth-order valence-electron chi connectivity index (χ4n) is 3.39. The number of rotatable bonds is 6. The number of aryl methyl sites for hydroxylation is 1. The lowest BCUT2D eigenvalue weighted by molar-refractivity contribution is -0.117. The summed E-state index contributed by atoms with van der Waals surface area (Å²) in [5.74, 6) is -0.505. The molecule has 6 nitrogen and oxygen atoms in total. The predicted molar refractivity (Wildman–Crippen MR) is 114 cm³/mol. The number of nitrogens with one attached hydrogen (secondary N) is 1. The molecule has 0 spiro atoms. The summed E-state index contributed by atoms with van der Waals surface area (Å²) in [6.45, 7) is 6.54. The lowest BCUT2D eigenvalue weighted by Crippen LogP contribution is -2.48. The van der Waals surface area contributed by atoms with Gasteiger partial charge in [-0.3, -0.25) is 14.6 Å². The Morgan fingerprint density at radius 3 is 2.48 bits per heavy atom. The smallest absolute Gasteiger partial charge is 0.337 e. The number of ether oxygens (including phenoxy) is 1. The maximum absolute atomic E-state index is 12.5. The first-order chi connectivity index (χ1) is 13.9. The van der Waals surface area contributed by atoms with Crippen molar-refractivity contribution in [2.24, 2.45) is 0 Å². The Bertz CT molecular complexity index is 879. The molecule has 0 atom stereocenters. The monoisotopic (exact) mass is 415 g/mol. The van der Waals surface area contributed by atoms with Gasteiger partial charge in [0, 0.05) is 43.4 Å². The number of benzene rings is 2. The van der Waals surface area contributed by atoms with Crippen molar-refractivity contribution in [1.82, 2.24) is 9.80 Å². The van der Waals surface area contributed by atoms with Crippen molar-refractivity contribution in [2.75, 3.05) is 45.2 Å². The largest absolute Gasteiger partial charge is 0.465 e. The van der Waals surface area contributed by atoms with Crippen LogP contribution in [-0.4, -0.2) is 61.5 Å². The fraction of sp³-hybridized carbons (Fsp3) is 0.364. The van der Waals surface area contributed by atoms with Crippen LogP contribution in [0.15, 0.2) is 42.5 Å². The molecule has 0 saturated carbocycles. The van der Waals surface area contributed by atoms with E-state index in [-0.39, 0.29) is 5.91 Å². The quantitative estimate of drug-likeness (QED) is 0.734. The highest BCUT2D eigenvalue weighted by molar-refractivity contribution is 6.30. The van der Waals surface area contributed by atoms with E-state index in [0.29, 0.717) is 17.8 Å². The van der Waals surface area contributed by atoms with Crippen molar-refractivity contribution < 1.29 is 14.3 Å². The molecule has 1 fully saturated rings. The third-order valence-corrected chi connectivity index (χ3v) is 5.30. The second-order valence-corrected chi connectivity index (χ2v) is 7.69. The number of methoxy groups -OCH3 is 1. The van der Waals surface area contributed by atoms with Crippen LogP contribution in [0.25, 0.3) is 0 Å². The summed E-state index contributed by atoms with van der Waals surface area (Å²) in [6.07, 6.45) is 0. The minimum atomic E-state index is -0.420. The van der Waals surface area contributed by atoms with Crippen molar-refractivity contribution in [3.05, 3.63) is 64.2 Å². The molecule has 154 valence electrons. The van der Waals surface area contributed by atoms with E-state index in [4.69, 9.17) is 16.3 Å². The molecule has 2 aromatic rings. The highest BCUT2D eigenvalue weighted by atomic mass is 35.5. The lowest BCUT2D eigenvalue weighted by atomic mass is 10.1. The summed E-state index contributed by atoms with van der Waals surface area (Å²) in [4.78, 5) is 28.7. The van der Waals surface area contributed by atoms with Crippen LogP contribution in [0.4, 0.5) is 5.69 Å². The third-order valence-electron chi connectivity index (χ3n) is 5.06. The number of amides is 1. The van der Waals surface area contributed by atoms with Gasteiger partial charge in [-0.25, -0.2) is 4.79 Å². The predicted octanol–water partition coefficient (Wildman–Crippen LogP) is 3.19. The number of carbonyl (C=O) groups excluding carboxylic acids is 2. The Morgan fingerprint density at radius 1 is 1.07 bits per heavy atom. The van der Waals surface area contributed by atoms with E-state index in [0.717, 1.165) is 43.3 Å². The zero-order valence-electron chi connectivity index (χ0n) is 16.8. The zero-order valence-corrected chi connectivity index (χ0v) is 17.5. The molecule has 0 unspecified atom stereocenters. The molecule has 0 aromatic heterocycles. The molecule has 3 rings (SSSR count). The zero-order chi connectivity index (χ0) is 20.8. The molecule has 1 amide bonds. The number of halogens is 1. The summed E-state index contributed by atoms with van der Waals surface area (Å²) in [5, 5.41) is 3.67. The minimum Gasteiger partial charge on any atom is -0.465 e. The maximum atomic E-state index is 12.5. The molecule has 7 heteroatoms. The first-order valence-electron chi connectivity index (χ1n) is 9.62. The van der Waals surface area contributed by atoms with Gasteiger partial charge in [0.1, 0.15) is 0 Å². The first-order valence-corrected chi connectivity index (χ1v) is 10.0. The number of nitrogens with zero attached hydrogens (tertiary/aromatic N) is 2. The molecule has 1 heterocycles. The van der Waals surface area contributed by atoms with Crippen LogP contribution < -0.4 is 5.32 Å². The number of piperazine rings is 1. The van der Waals surface area contributed by atoms with Crippen LogP contribution >= 0.6 is 11.6 Å². The summed E-state index contributed by atoms with van der Waals surface area (Å²) in [6, 6.07) is 13.1. The van der Waals surface area contributed by atoms with Gasteiger partial charge in [0.2, 0.25) is 5.91 Å². The van der Waals surface area contributed by atoms with Gasteiger partial charge in [-0.2, -0.15) is 0 Å². The van der Waals surface area contributed by atoms with Crippen LogP contribution in [0.5, 0.6) is 0 Å². The van der Waals surface area contributed by atoms with Crippen LogP contribution in [-0.2, 0) is 16.1 Å². The van der Waals surface area contributed by atoms with Crippen LogP contribution in [0.3, 0.4) is 0 Å². The van der Waals surface area contributed by atoms with Crippen molar-refractivity contribution >= 4 is 29.2 Å². The normalized spacial score (nSPS) is 15.1. The molecule has 0 bridgehead atoms. The van der Waals surface area contributed by atoms with E-state index >= 15 is 0 Å². The number of hydrogen-bond acceptors (Lipinski definition) is 5. The Balaban J connectivity index is 1.49. The van der Waals surface area contributed by atoms with Gasteiger partial charge in [-0.15, -0.1) is 0 Å². The van der Waals surface area contributed by atoms with Crippen LogP contribution in [0, 0.1) is 6.92 Å². The number of hydrogen-bond donors (Lipinski definition) is 1. The average Bonchev–Trinajstić information content (AvgIpc) is 2.70. The fourth-order valence-corrected chi connectivity index (χ4v) is 3.61. The lowest BCUT2D eigenvalue weighted by Gasteiger charge is -2.34. The average molecular weight is 416 g/mol. The molecule has 1 aliphatic rings. The van der Waals surface area contributed by atoms with Gasteiger partial charge in [-0.05, 0) is 42.3 Å². The van der Waals surface area contributed by atoms with E-state index in [9.17, 15) is 9.59 Å². The number of anilines is 1. The van der Waals surface area contributed by atoms with Gasteiger partial charge in [-0.1, -0.05) is 29.8 Å². The Kier molecular flexibility index (Phi) is 7.25. The molecule has 1 saturated heterocycles. The minimum absolute atomic E-state index is 0.0848. The number of esters is 1. The first kappa shape index (κ1) is 21.3. The van der Waals surface area contributed by atoms with Gasteiger partial charge >= 0.3 is 5.97 Å². The molecule has 1 N–H and O–H groups in total. The Labute approximate surface area is 176 Å². The van der Waals surface area contributed by atoms with Crippen LogP contribution in [0.1, 0.15) is 21.5 Å². The van der Waals surface area contributed by atoms with Crippen LogP contribution in [0.2, 0.25) is 5.02 Å². The van der Waals surface area contributed by atoms with E-state index in [1.807, 2.05) is 25.1 Å². The SMILES string of the molecule is COC(=O)c1ccc(C)c(NC(=O)CN2CCN(Cc3cccc(Cl)c3)CC2)c1. The van der Waals surface area contributed by atoms with Crippen molar-refractivity contribution in [1.29, 1.82) is 0 Å². The van der Waals surface area contributed by atoms with Gasteiger partial charge in [0.15, 0.2) is 0 Å².